The van der Waals surface area contributed by atoms with E-state index in [9.17, 15) is 4.79 Å². The molecule has 0 atom stereocenters. The zero-order valence-electron chi connectivity index (χ0n) is 11.3. The fourth-order valence-electron chi connectivity index (χ4n) is 2.59. The van der Waals surface area contributed by atoms with Gasteiger partial charge in [-0.05, 0) is 38.0 Å². The lowest BCUT2D eigenvalue weighted by Gasteiger charge is -2.24. The summed E-state index contributed by atoms with van der Waals surface area (Å²) in [6, 6.07) is 5.60. The number of nitrogens with zero attached hydrogens (tertiary/aromatic N) is 2. The average molecular weight is 258 g/mol. The highest BCUT2D eigenvalue weighted by atomic mass is 16.5. The summed E-state index contributed by atoms with van der Waals surface area (Å²) in [6.45, 7) is 2.21. The third-order valence-electron chi connectivity index (χ3n) is 3.90. The number of fused-ring (bicyclic) bond motifs is 1. The van der Waals surface area contributed by atoms with Crippen LogP contribution in [0.3, 0.4) is 0 Å². The summed E-state index contributed by atoms with van der Waals surface area (Å²) >= 11 is 0. The number of hydrogen-bond acceptors (Lipinski definition) is 3. The van der Waals surface area contributed by atoms with E-state index in [0.717, 1.165) is 16.9 Å². The SMILES string of the molecule is CCOC(=O)c1ccc2c(c1)nc(C1CCC1)n2C. The maximum absolute atomic E-state index is 11.7. The summed E-state index contributed by atoms with van der Waals surface area (Å²) < 4.78 is 7.17. The van der Waals surface area contributed by atoms with Gasteiger partial charge in [0.15, 0.2) is 0 Å². The Kier molecular flexibility index (Phi) is 3.01. The van der Waals surface area contributed by atoms with Crippen molar-refractivity contribution >= 4 is 17.0 Å². The van der Waals surface area contributed by atoms with E-state index in [-0.39, 0.29) is 5.97 Å². The summed E-state index contributed by atoms with van der Waals surface area (Å²) in [4.78, 5) is 16.4. The van der Waals surface area contributed by atoms with Gasteiger partial charge in [-0.15, -0.1) is 0 Å². The van der Waals surface area contributed by atoms with Gasteiger partial charge in [-0.1, -0.05) is 6.42 Å². The van der Waals surface area contributed by atoms with Crippen LogP contribution in [0.2, 0.25) is 0 Å². The van der Waals surface area contributed by atoms with Gasteiger partial charge < -0.3 is 9.30 Å². The number of carbonyl (C=O) groups is 1. The minimum Gasteiger partial charge on any atom is -0.462 e. The van der Waals surface area contributed by atoms with Gasteiger partial charge in [0.05, 0.1) is 23.2 Å². The third-order valence-corrected chi connectivity index (χ3v) is 3.90. The van der Waals surface area contributed by atoms with Gasteiger partial charge in [-0.25, -0.2) is 9.78 Å². The number of esters is 1. The molecule has 1 aromatic heterocycles. The van der Waals surface area contributed by atoms with Crippen molar-refractivity contribution in [2.45, 2.75) is 32.1 Å². The van der Waals surface area contributed by atoms with Crippen molar-refractivity contribution in [3.63, 3.8) is 0 Å². The van der Waals surface area contributed by atoms with Crippen molar-refractivity contribution in [2.24, 2.45) is 7.05 Å². The number of rotatable bonds is 3. The minimum atomic E-state index is -0.278. The summed E-state index contributed by atoms with van der Waals surface area (Å²) in [5, 5.41) is 0. The first kappa shape index (κ1) is 12.2. The van der Waals surface area contributed by atoms with E-state index >= 15 is 0 Å². The zero-order valence-corrected chi connectivity index (χ0v) is 11.3. The van der Waals surface area contributed by atoms with Crippen molar-refractivity contribution in [1.82, 2.24) is 9.55 Å². The molecule has 0 saturated heterocycles. The van der Waals surface area contributed by atoms with Crippen LogP contribution in [0.5, 0.6) is 0 Å². The smallest absolute Gasteiger partial charge is 0.338 e. The van der Waals surface area contributed by atoms with E-state index < -0.39 is 0 Å². The van der Waals surface area contributed by atoms with Crippen LogP contribution < -0.4 is 0 Å². The standard InChI is InChI=1S/C15H18N2O2/c1-3-19-15(18)11-7-8-13-12(9-11)16-14(17(13)2)10-5-4-6-10/h7-10H,3-6H2,1-2H3. The Morgan fingerprint density at radius 2 is 2.26 bits per heavy atom. The van der Waals surface area contributed by atoms with Crippen LogP contribution in [0.25, 0.3) is 11.0 Å². The van der Waals surface area contributed by atoms with E-state index in [4.69, 9.17) is 9.72 Å². The Morgan fingerprint density at radius 3 is 2.89 bits per heavy atom. The maximum Gasteiger partial charge on any atom is 0.338 e. The Labute approximate surface area is 112 Å². The maximum atomic E-state index is 11.7. The number of hydrogen-bond donors (Lipinski definition) is 0. The molecule has 0 bridgehead atoms. The molecule has 0 unspecified atom stereocenters. The summed E-state index contributed by atoms with van der Waals surface area (Å²) in [5.41, 5.74) is 2.54. The highest BCUT2D eigenvalue weighted by Gasteiger charge is 2.24. The van der Waals surface area contributed by atoms with Crippen molar-refractivity contribution < 1.29 is 9.53 Å². The Morgan fingerprint density at radius 1 is 1.47 bits per heavy atom. The molecule has 100 valence electrons. The quantitative estimate of drug-likeness (QED) is 0.795. The van der Waals surface area contributed by atoms with Gasteiger partial charge in [0, 0.05) is 13.0 Å². The molecule has 1 heterocycles. The molecule has 4 heteroatoms. The van der Waals surface area contributed by atoms with Crippen LogP contribution in [-0.4, -0.2) is 22.1 Å². The molecule has 1 saturated carbocycles. The number of aromatic nitrogens is 2. The molecular formula is C15H18N2O2. The molecule has 0 N–H and O–H groups in total. The van der Waals surface area contributed by atoms with Crippen molar-refractivity contribution in [1.29, 1.82) is 0 Å². The molecule has 0 aliphatic heterocycles. The van der Waals surface area contributed by atoms with Gasteiger partial charge in [0.1, 0.15) is 5.82 Å². The second kappa shape index (κ2) is 4.68. The highest BCUT2D eigenvalue weighted by Crippen LogP contribution is 2.36. The lowest BCUT2D eigenvalue weighted by Crippen LogP contribution is -2.13. The van der Waals surface area contributed by atoms with Gasteiger partial charge in [0.2, 0.25) is 0 Å². The fraction of sp³-hybridized carbons (Fsp3) is 0.467. The van der Waals surface area contributed by atoms with E-state index in [1.54, 1.807) is 0 Å². The minimum absolute atomic E-state index is 0.278. The van der Waals surface area contributed by atoms with Crippen molar-refractivity contribution in [3.8, 4) is 0 Å². The van der Waals surface area contributed by atoms with Crippen molar-refractivity contribution in [3.05, 3.63) is 29.6 Å². The van der Waals surface area contributed by atoms with Gasteiger partial charge in [-0.3, -0.25) is 0 Å². The van der Waals surface area contributed by atoms with E-state index in [2.05, 4.69) is 4.57 Å². The molecule has 4 nitrogen and oxygen atoms in total. The van der Waals surface area contributed by atoms with Gasteiger partial charge in [-0.2, -0.15) is 0 Å². The molecular weight excluding hydrogens is 240 g/mol. The van der Waals surface area contributed by atoms with Crippen LogP contribution >= 0.6 is 0 Å². The van der Waals surface area contributed by atoms with Gasteiger partial charge >= 0.3 is 5.97 Å². The van der Waals surface area contributed by atoms with Crippen molar-refractivity contribution in [2.75, 3.05) is 6.61 Å². The second-order valence-electron chi connectivity index (χ2n) is 5.08. The fourth-order valence-corrected chi connectivity index (χ4v) is 2.59. The number of ether oxygens (including phenoxy) is 1. The van der Waals surface area contributed by atoms with Gasteiger partial charge in [0.25, 0.3) is 0 Å². The largest absolute Gasteiger partial charge is 0.462 e. The summed E-state index contributed by atoms with van der Waals surface area (Å²) in [5.74, 6) is 1.45. The monoisotopic (exact) mass is 258 g/mol. The number of carbonyl (C=O) groups excluding carboxylic acids is 1. The Balaban J connectivity index is 2.01. The predicted molar refractivity (Wildman–Crippen MR) is 73.3 cm³/mol. The summed E-state index contributed by atoms with van der Waals surface area (Å²) in [6.07, 6.45) is 3.74. The lowest BCUT2D eigenvalue weighted by atomic mass is 9.85. The molecule has 1 aliphatic rings. The topological polar surface area (TPSA) is 44.1 Å². The Bertz CT molecular complexity index is 626. The van der Waals surface area contributed by atoms with E-state index in [0.29, 0.717) is 18.1 Å². The van der Waals surface area contributed by atoms with Crippen LogP contribution in [0.1, 0.15) is 48.3 Å². The second-order valence-corrected chi connectivity index (χ2v) is 5.08. The zero-order chi connectivity index (χ0) is 13.4. The molecule has 0 radical (unpaired) electrons. The molecule has 0 amide bonds. The molecule has 19 heavy (non-hydrogen) atoms. The third kappa shape index (κ3) is 2.01. The predicted octanol–water partition coefficient (Wildman–Crippen LogP) is 3.02. The van der Waals surface area contributed by atoms with Crippen LogP contribution in [0, 0.1) is 0 Å². The Hall–Kier alpha value is -1.84. The highest BCUT2D eigenvalue weighted by molar-refractivity contribution is 5.93. The number of imidazole rings is 1. The first-order valence-corrected chi connectivity index (χ1v) is 6.84. The summed E-state index contributed by atoms with van der Waals surface area (Å²) in [7, 11) is 2.05. The molecule has 1 aromatic carbocycles. The lowest BCUT2D eigenvalue weighted by molar-refractivity contribution is 0.0526. The van der Waals surface area contributed by atoms with E-state index in [1.807, 2.05) is 32.2 Å². The van der Waals surface area contributed by atoms with Crippen LogP contribution in [-0.2, 0) is 11.8 Å². The number of benzene rings is 1. The number of aryl methyl sites for hydroxylation is 1. The van der Waals surface area contributed by atoms with Crippen LogP contribution in [0.15, 0.2) is 18.2 Å². The molecule has 3 rings (SSSR count). The average Bonchev–Trinajstić information content (AvgIpc) is 2.65. The first-order valence-electron chi connectivity index (χ1n) is 6.84. The molecule has 2 aromatic rings. The molecule has 1 fully saturated rings. The van der Waals surface area contributed by atoms with E-state index in [1.165, 1.54) is 19.3 Å². The normalized spacial score (nSPS) is 15.5. The molecule has 1 aliphatic carbocycles. The molecule has 0 spiro atoms. The van der Waals surface area contributed by atoms with Crippen LogP contribution in [0.4, 0.5) is 0 Å². The first-order chi connectivity index (χ1) is 9.20.